The third-order valence-electron chi connectivity index (χ3n) is 7.11. The van der Waals surface area contributed by atoms with E-state index in [1.165, 1.54) is 0 Å². The maximum atomic E-state index is 13.5. The van der Waals surface area contributed by atoms with Gasteiger partial charge >= 0.3 is 5.97 Å². The van der Waals surface area contributed by atoms with E-state index in [4.69, 9.17) is 24.9 Å². The van der Waals surface area contributed by atoms with Gasteiger partial charge in [-0.15, -0.1) is 0 Å². The molecule has 0 radical (unpaired) electrons. The molecule has 2 aromatic heterocycles. The Morgan fingerprint density at radius 3 is 2.76 bits per heavy atom. The van der Waals surface area contributed by atoms with Gasteiger partial charge in [0, 0.05) is 29.1 Å². The summed E-state index contributed by atoms with van der Waals surface area (Å²) >= 11 is 0. The maximum absolute atomic E-state index is 13.5. The van der Waals surface area contributed by atoms with Gasteiger partial charge in [-0.1, -0.05) is 19.1 Å². The van der Waals surface area contributed by atoms with Crippen LogP contribution in [-0.2, 0) is 33.1 Å². The van der Waals surface area contributed by atoms with Crippen LogP contribution in [0.15, 0.2) is 29.1 Å². The highest BCUT2D eigenvalue weighted by Gasteiger charge is 2.45. The summed E-state index contributed by atoms with van der Waals surface area (Å²) in [5.41, 5.74) is 6.92. The van der Waals surface area contributed by atoms with Crippen LogP contribution in [-0.4, -0.2) is 46.4 Å². The third-order valence-corrected chi connectivity index (χ3v) is 7.11. The van der Waals surface area contributed by atoms with E-state index in [1.54, 1.807) is 29.7 Å². The molecule has 4 N–H and O–H groups in total. The number of hydrogen-bond acceptors (Lipinski definition) is 9. The number of cyclic esters (lactones) is 1. The molecule has 11 nitrogen and oxygen atoms in total. The number of esters is 1. The van der Waals surface area contributed by atoms with Gasteiger partial charge in [0.05, 0.1) is 35.6 Å². The Morgan fingerprint density at radius 1 is 1.22 bits per heavy atom. The molecule has 6 rings (SSSR count). The molecule has 1 aromatic carbocycles. The van der Waals surface area contributed by atoms with Gasteiger partial charge in [0.2, 0.25) is 12.7 Å². The van der Waals surface area contributed by atoms with E-state index >= 15 is 0 Å². The van der Waals surface area contributed by atoms with Crippen LogP contribution in [0.25, 0.3) is 28.4 Å². The van der Waals surface area contributed by atoms with Crippen LogP contribution in [0.4, 0.5) is 0 Å². The van der Waals surface area contributed by atoms with Gasteiger partial charge < -0.3 is 34.9 Å². The summed E-state index contributed by atoms with van der Waals surface area (Å²) in [4.78, 5) is 42.4. The highest BCUT2D eigenvalue weighted by Crippen LogP contribution is 2.43. The lowest BCUT2D eigenvalue weighted by atomic mass is 9.86. The molecule has 37 heavy (non-hydrogen) atoms. The minimum absolute atomic E-state index is 0.0612. The molecular weight excluding hydrogens is 480 g/mol. The van der Waals surface area contributed by atoms with Crippen molar-refractivity contribution in [1.82, 2.24) is 14.9 Å². The monoisotopic (exact) mass is 504 g/mol. The number of rotatable bonds is 5. The third kappa shape index (κ3) is 3.42. The predicted molar refractivity (Wildman–Crippen MR) is 132 cm³/mol. The first-order chi connectivity index (χ1) is 17.9. The summed E-state index contributed by atoms with van der Waals surface area (Å²) in [6.45, 7) is 1.97. The average molecular weight is 504 g/mol. The lowest BCUT2D eigenvalue weighted by Gasteiger charge is -2.31. The van der Waals surface area contributed by atoms with Gasteiger partial charge in [0.1, 0.15) is 6.61 Å². The smallest absolute Gasteiger partial charge is 0.343 e. The number of pyridine rings is 2. The molecule has 1 atom stereocenters. The first-order valence-corrected chi connectivity index (χ1v) is 11.9. The van der Waals surface area contributed by atoms with Gasteiger partial charge in [-0.3, -0.25) is 9.59 Å². The van der Waals surface area contributed by atoms with E-state index in [9.17, 15) is 19.5 Å². The second kappa shape index (κ2) is 8.43. The van der Waals surface area contributed by atoms with E-state index < -0.39 is 11.6 Å². The number of nitrogens with zero attached hydrogens (tertiary/aromatic N) is 2. The number of amides is 1. The van der Waals surface area contributed by atoms with Crippen LogP contribution in [0, 0.1) is 0 Å². The van der Waals surface area contributed by atoms with Crippen molar-refractivity contribution >= 4 is 28.9 Å². The summed E-state index contributed by atoms with van der Waals surface area (Å²) in [6.07, 6.45) is 3.73. The molecule has 1 amide bonds. The Labute approximate surface area is 210 Å². The average Bonchev–Trinajstić information content (AvgIpc) is 3.51. The van der Waals surface area contributed by atoms with Crippen molar-refractivity contribution in [2.45, 2.75) is 32.1 Å². The molecule has 0 unspecified atom stereocenters. The second-order valence-electron chi connectivity index (χ2n) is 9.09. The Morgan fingerprint density at radius 2 is 2.00 bits per heavy atom. The number of fused-ring (bicyclic) bond motifs is 6. The second-order valence-corrected chi connectivity index (χ2v) is 9.09. The van der Waals surface area contributed by atoms with Crippen molar-refractivity contribution < 1.29 is 28.9 Å². The molecule has 0 saturated carbocycles. The van der Waals surface area contributed by atoms with Crippen LogP contribution in [0.2, 0.25) is 0 Å². The maximum Gasteiger partial charge on any atom is 0.343 e. The van der Waals surface area contributed by atoms with Gasteiger partial charge in [-0.2, -0.15) is 0 Å². The number of carbonyl (C=O) groups excluding carboxylic acids is 2. The molecule has 5 heterocycles. The van der Waals surface area contributed by atoms with Crippen molar-refractivity contribution in [2.24, 2.45) is 5.73 Å². The zero-order valence-electron chi connectivity index (χ0n) is 20.0. The SMILES string of the molecule is CC[C@@]1(O)C(=O)OCc2c1cc1n(c2=O)Cc2c-1nc1cc3c(cc1c2/C=C/CNC(=O)CN)OCO3. The number of aliphatic hydroxyl groups is 1. The van der Waals surface area contributed by atoms with Crippen LogP contribution >= 0.6 is 0 Å². The molecule has 3 aliphatic heterocycles. The van der Waals surface area contributed by atoms with Crippen LogP contribution in [0.3, 0.4) is 0 Å². The van der Waals surface area contributed by atoms with Crippen molar-refractivity contribution in [3.63, 3.8) is 0 Å². The summed E-state index contributed by atoms with van der Waals surface area (Å²) < 4.78 is 17.8. The molecule has 0 fully saturated rings. The first-order valence-electron chi connectivity index (χ1n) is 11.9. The summed E-state index contributed by atoms with van der Waals surface area (Å²) in [5, 5.41) is 14.6. The number of hydrogen-bond donors (Lipinski definition) is 3. The summed E-state index contributed by atoms with van der Waals surface area (Å²) in [5.74, 6) is 0.108. The number of aromatic nitrogens is 2. The first kappa shape index (κ1) is 23.2. The molecule has 190 valence electrons. The van der Waals surface area contributed by atoms with Crippen LogP contribution in [0.5, 0.6) is 11.5 Å². The quantitative estimate of drug-likeness (QED) is 0.336. The number of carbonyl (C=O) groups is 2. The van der Waals surface area contributed by atoms with Crippen LogP contribution < -0.4 is 26.1 Å². The van der Waals surface area contributed by atoms with Crippen molar-refractivity contribution in [2.75, 3.05) is 19.9 Å². The minimum atomic E-state index is -1.90. The minimum Gasteiger partial charge on any atom is -0.458 e. The Kier molecular flexibility index (Phi) is 5.28. The van der Waals surface area contributed by atoms with E-state index in [0.29, 0.717) is 28.4 Å². The van der Waals surface area contributed by atoms with Gasteiger partial charge in [-0.25, -0.2) is 9.78 Å². The zero-order valence-corrected chi connectivity index (χ0v) is 20.0. The molecule has 0 bridgehead atoms. The molecule has 3 aromatic rings. The van der Waals surface area contributed by atoms with E-state index in [2.05, 4.69) is 5.32 Å². The molecular formula is C26H24N4O7. The molecule has 3 aliphatic rings. The van der Waals surface area contributed by atoms with E-state index in [-0.39, 0.29) is 62.0 Å². The fourth-order valence-electron chi connectivity index (χ4n) is 5.11. The van der Waals surface area contributed by atoms with Gasteiger partial charge in [-0.05, 0) is 24.1 Å². The normalized spacial score (nSPS) is 19.1. The Balaban J connectivity index is 1.56. The number of ether oxygens (including phenoxy) is 3. The summed E-state index contributed by atoms with van der Waals surface area (Å²) in [6, 6.07) is 5.31. The highest BCUT2D eigenvalue weighted by atomic mass is 16.7. The fourth-order valence-corrected chi connectivity index (χ4v) is 5.11. The molecule has 0 spiro atoms. The predicted octanol–water partition coefficient (Wildman–Crippen LogP) is 0.896. The lowest BCUT2D eigenvalue weighted by molar-refractivity contribution is -0.172. The number of benzene rings is 1. The topological polar surface area (TPSA) is 155 Å². The number of nitrogens with two attached hydrogens (primary N) is 1. The fraction of sp³-hybridized carbons (Fsp3) is 0.308. The van der Waals surface area contributed by atoms with Gasteiger partial charge in [0.25, 0.3) is 5.56 Å². The molecule has 0 saturated heterocycles. The lowest BCUT2D eigenvalue weighted by Crippen LogP contribution is -2.44. The molecule has 0 aliphatic carbocycles. The van der Waals surface area contributed by atoms with Crippen molar-refractivity contribution in [3.05, 3.63) is 56.9 Å². The Bertz CT molecular complexity index is 1590. The largest absolute Gasteiger partial charge is 0.458 e. The van der Waals surface area contributed by atoms with Crippen molar-refractivity contribution in [1.29, 1.82) is 0 Å². The van der Waals surface area contributed by atoms with E-state index in [1.807, 2.05) is 12.1 Å². The van der Waals surface area contributed by atoms with Gasteiger partial charge in [0.15, 0.2) is 17.1 Å². The molecule has 11 heteroatoms. The van der Waals surface area contributed by atoms with E-state index in [0.717, 1.165) is 16.5 Å². The Hall–Kier alpha value is -4.22. The number of nitrogens with one attached hydrogen (secondary N) is 1. The van der Waals surface area contributed by atoms with Crippen LogP contribution in [0.1, 0.15) is 35.6 Å². The highest BCUT2D eigenvalue weighted by molar-refractivity contribution is 5.95. The summed E-state index contributed by atoms with van der Waals surface area (Å²) in [7, 11) is 0. The standard InChI is InChI=1S/C26H24N4O7/c1-2-26(34)17-7-19-23-15(10-30(19)24(32)16(17)11-35-25(26)33)13(4-3-5-28-22(31)9-27)14-6-20-21(37-12-36-20)8-18(14)29-23/h3-4,6-8,34H,2,5,9-12,27H2,1H3,(H,28,31)/b4-3+/t26-/m0/s1. The van der Waals surface area contributed by atoms with Crippen molar-refractivity contribution in [3.8, 4) is 22.9 Å². The zero-order chi connectivity index (χ0) is 25.9.